The van der Waals surface area contributed by atoms with Crippen molar-refractivity contribution in [3.05, 3.63) is 35.4 Å². The van der Waals surface area contributed by atoms with E-state index in [1.807, 2.05) is 13.8 Å². The molecule has 2 rings (SSSR count). The van der Waals surface area contributed by atoms with E-state index in [9.17, 15) is 22.8 Å². The third-order valence-corrected chi connectivity index (χ3v) is 4.33. The molecule has 0 spiro atoms. The number of piperazine rings is 1. The Morgan fingerprint density at radius 3 is 2.04 bits per heavy atom. The van der Waals surface area contributed by atoms with Crippen LogP contribution in [0.4, 0.5) is 18.0 Å². The van der Waals surface area contributed by atoms with Crippen molar-refractivity contribution >= 4 is 11.9 Å². The van der Waals surface area contributed by atoms with Crippen molar-refractivity contribution in [1.29, 1.82) is 0 Å². The molecule has 5 nitrogen and oxygen atoms in total. The Kier molecular flexibility index (Phi) is 5.92. The van der Waals surface area contributed by atoms with Crippen LogP contribution in [0.5, 0.6) is 0 Å². The molecule has 138 valence electrons. The first-order valence-corrected chi connectivity index (χ1v) is 8.28. The van der Waals surface area contributed by atoms with Gasteiger partial charge in [-0.2, -0.15) is 13.2 Å². The number of halogens is 3. The van der Waals surface area contributed by atoms with E-state index in [-0.39, 0.29) is 24.7 Å². The molecule has 0 aliphatic carbocycles. The third-order valence-electron chi connectivity index (χ3n) is 4.33. The zero-order chi connectivity index (χ0) is 18.6. The molecule has 0 atom stereocenters. The van der Waals surface area contributed by atoms with E-state index in [4.69, 9.17) is 0 Å². The van der Waals surface area contributed by atoms with Gasteiger partial charge in [0.1, 0.15) is 0 Å². The number of carbonyl (C=O) groups excluding carboxylic acids is 2. The van der Waals surface area contributed by atoms with Gasteiger partial charge in [0.05, 0.1) is 11.1 Å². The van der Waals surface area contributed by atoms with Crippen LogP contribution in [0.3, 0.4) is 0 Å². The van der Waals surface area contributed by atoms with E-state index in [0.29, 0.717) is 26.2 Å². The minimum atomic E-state index is -4.58. The predicted molar refractivity (Wildman–Crippen MR) is 87.2 cm³/mol. The molecule has 25 heavy (non-hydrogen) atoms. The normalized spacial score (nSPS) is 15.2. The van der Waals surface area contributed by atoms with Crippen LogP contribution in [-0.2, 0) is 6.18 Å². The van der Waals surface area contributed by atoms with Crippen LogP contribution in [0.15, 0.2) is 24.3 Å². The molecule has 1 aliphatic rings. The van der Waals surface area contributed by atoms with Gasteiger partial charge in [-0.1, -0.05) is 12.1 Å². The van der Waals surface area contributed by atoms with E-state index in [1.54, 1.807) is 9.80 Å². The van der Waals surface area contributed by atoms with Crippen LogP contribution in [0.1, 0.15) is 29.8 Å². The van der Waals surface area contributed by atoms with Gasteiger partial charge in [-0.15, -0.1) is 0 Å². The number of benzene rings is 1. The lowest BCUT2D eigenvalue weighted by molar-refractivity contribution is -0.138. The predicted octanol–water partition coefficient (Wildman–Crippen LogP) is 2.93. The monoisotopic (exact) mass is 357 g/mol. The van der Waals surface area contributed by atoms with Crippen LogP contribution < -0.4 is 0 Å². The molecule has 0 unspecified atom stereocenters. The van der Waals surface area contributed by atoms with Gasteiger partial charge in [0.25, 0.3) is 5.91 Å². The van der Waals surface area contributed by atoms with Gasteiger partial charge < -0.3 is 14.7 Å². The summed E-state index contributed by atoms with van der Waals surface area (Å²) in [5.41, 5.74) is -1.28. The highest BCUT2D eigenvalue weighted by Gasteiger charge is 2.36. The molecule has 3 amide bonds. The Morgan fingerprint density at radius 1 is 1.00 bits per heavy atom. The molecular weight excluding hydrogens is 335 g/mol. The second-order valence-electron chi connectivity index (χ2n) is 5.78. The van der Waals surface area contributed by atoms with Crippen molar-refractivity contribution in [1.82, 2.24) is 14.7 Å². The van der Waals surface area contributed by atoms with Gasteiger partial charge in [0, 0.05) is 39.3 Å². The smallest absolute Gasteiger partial charge is 0.335 e. The Balaban J connectivity index is 2.07. The van der Waals surface area contributed by atoms with Crippen molar-refractivity contribution in [3.8, 4) is 0 Å². The number of alkyl halides is 3. The van der Waals surface area contributed by atoms with E-state index < -0.39 is 17.6 Å². The maximum Gasteiger partial charge on any atom is 0.417 e. The summed E-state index contributed by atoms with van der Waals surface area (Å²) < 4.78 is 39.2. The Bertz CT molecular complexity index is 622. The molecule has 8 heteroatoms. The highest BCUT2D eigenvalue weighted by atomic mass is 19.4. The average molecular weight is 357 g/mol. The summed E-state index contributed by atoms with van der Waals surface area (Å²) >= 11 is 0. The highest BCUT2D eigenvalue weighted by Crippen LogP contribution is 2.32. The lowest BCUT2D eigenvalue weighted by Crippen LogP contribution is -2.54. The molecule has 0 radical (unpaired) electrons. The van der Waals surface area contributed by atoms with E-state index in [1.165, 1.54) is 23.1 Å². The summed E-state index contributed by atoms with van der Waals surface area (Å²) in [6.45, 7) is 6.02. The molecule has 1 heterocycles. The molecule has 1 saturated heterocycles. The van der Waals surface area contributed by atoms with Crippen LogP contribution in [-0.4, -0.2) is 65.9 Å². The van der Waals surface area contributed by atoms with Crippen molar-refractivity contribution in [2.45, 2.75) is 20.0 Å². The number of nitrogens with zero attached hydrogens (tertiary/aromatic N) is 3. The van der Waals surface area contributed by atoms with Crippen LogP contribution in [0, 0.1) is 0 Å². The fourth-order valence-corrected chi connectivity index (χ4v) is 2.88. The maximum absolute atomic E-state index is 13.1. The molecule has 1 aromatic carbocycles. The van der Waals surface area contributed by atoms with Gasteiger partial charge in [0.15, 0.2) is 0 Å². The van der Waals surface area contributed by atoms with Crippen molar-refractivity contribution in [3.63, 3.8) is 0 Å². The fraction of sp³-hybridized carbons (Fsp3) is 0.529. The summed E-state index contributed by atoms with van der Waals surface area (Å²) in [7, 11) is 0. The number of hydrogen-bond donors (Lipinski definition) is 0. The molecule has 0 aromatic heterocycles. The van der Waals surface area contributed by atoms with Gasteiger partial charge in [-0.3, -0.25) is 4.79 Å². The fourth-order valence-electron chi connectivity index (χ4n) is 2.88. The average Bonchev–Trinajstić information content (AvgIpc) is 2.61. The number of carbonyl (C=O) groups is 2. The lowest BCUT2D eigenvalue weighted by Gasteiger charge is -2.37. The van der Waals surface area contributed by atoms with Gasteiger partial charge in [0.2, 0.25) is 0 Å². The molecule has 0 saturated carbocycles. The zero-order valence-corrected chi connectivity index (χ0v) is 14.3. The Labute approximate surface area is 145 Å². The number of rotatable bonds is 3. The van der Waals surface area contributed by atoms with E-state index >= 15 is 0 Å². The van der Waals surface area contributed by atoms with Gasteiger partial charge in [-0.25, -0.2) is 4.79 Å². The third kappa shape index (κ3) is 4.24. The first-order chi connectivity index (χ1) is 11.8. The first-order valence-electron chi connectivity index (χ1n) is 8.28. The quantitative estimate of drug-likeness (QED) is 0.835. The van der Waals surface area contributed by atoms with Crippen molar-refractivity contribution in [2.24, 2.45) is 0 Å². The van der Waals surface area contributed by atoms with Gasteiger partial charge in [-0.05, 0) is 26.0 Å². The molecule has 1 aliphatic heterocycles. The second-order valence-corrected chi connectivity index (χ2v) is 5.78. The van der Waals surface area contributed by atoms with Crippen LogP contribution in [0.25, 0.3) is 0 Å². The van der Waals surface area contributed by atoms with E-state index in [0.717, 1.165) is 6.07 Å². The summed E-state index contributed by atoms with van der Waals surface area (Å²) in [5.74, 6) is -0.650. The van der Waals surface area contributed by atoms with Crippen molar-refractivity contribution < 1.29 is 22.8 Å². The standard InChI is InChI=1S/C17H22F3N3O2/c1-3-21(4-2)16(25)23-11-9-22(10-12-23)15(24)13-7-5-6-8-14(13)17(18,19)20/h5-8H,3-4,9-12H2,1-2H3. The molecule has 1 fully saturated rings. The molecule has 0 bridgehead atoms. The maximum atomic E-state index is 13.1. The Morgan fingerprint density at radius 2 is 1.52 bits per heavy atom. The summed E-state index contributed by atoms with van der Waals surface area (Å²) in [5, 5.41) is 0. The summed E-state index contributed by atoms with van der Waals surface area (Å²) in [6, 6.07) is 4.68. The van der Waals surface area contributed by atoms with Crippen LogP contribution >= 0.6 is 0 Å². The SMILES string of the molecule is CCN(CC)C(=O)N1CCN(C(=O)c2ccccc2C(F)(F)F)CC1. The molecule has 1 aromatic rings. The Hall–Kier alpha value is -2.25. The van der Waals surface area contributed by atoms with Crippen molar-refractivity contribution in [2.75, 3.05) is 39.3 Å². The lowest BCUT2D eigenvalue weighted by atomic mass is 10.1. The molecule has 0 N–H and O–H groups in total. The largest absolute Gasteiger partial charge is 0.417 e. The number of hydrogen-bond acceptors (Lipinski definition) is 2. The van der Waals surface area contributed by atoms with Gasteiger partial charge >= 0.3 is 12.2 Å². The summed E-state index contributed by atoms with van der Waals surface area (Å²) in [4.78, 5) is 29.5. The molecular formula is C17H22F3N3O2. The minimum absolute atomic E-state index is 0.104. The second kappa shape index (κ2) is 7.76. The zero-order valence-electron chi connectivity index (χ0n) is 14.3. The van der Waals surface area contributed by atoms with E-state index in [2.05, 4.69) is 0 Å². The summed E-state index contributed by atoms with van der Waals surface area (Å²) in [6.07, 6.45) is -4.58. The first kappa shape index (κ1) is 19.1. The van der Waals surface area contributed by atoms with Crippen LogP contribution in [0.2, 0.25) is 0 Å². The topological polar surface area (TPSA) is 43.9 Å². The highest BCUT2D eigenvalue weighted by molar-refractivity contribution is 5.96. The number of urea groups is 1. The number of amides is 3. The minimum Gasteiger partial charge on any atom is -0.335 e.